The third-order valence-electron chi connectivity index (χ3n) is 6.97. The van der Waals surface area contributed by atoms with Crippen molar-refractivity contribution >= 4 is 29.3 Å². The van der Waals surface area contributed by atoms with E-state index in [1.54, 1.807) is 16.4 Å². The predicted octanol–water partition coefficient (Wildman–Crippen LogP) is 7.30. The molecule has 1 atom stereocenters. The van der Waals surface area contributed by atoms with Crippen molar-refractivity contribution in [2.45, 2.75) is 58.8 Å². The Labute approximate surface area is 251 Å². The molecule has 4 aromatic rings. The van der Waals surface area contributed by atoms with Crippen LogP contribution in [0.1, 0.15) is 55.5 Å². The number of fused-ring (bicyclic) bond motifs is 1. The predicted molar refractivity (Wildman–Crippen MR) is 168 cm³/mol. The number of anilines is 2. The van der Waals surface area contributed by atoms with E-state index in [-0.39, 0.29) is 5.91 Å². The van der Waals surface area contributed by atoms with Crippen molar-refractivity contribution in [2.24, 2.45) is 0 Å². The molecule has 2 heterocycles. The standard InChI is InChI=1S/C33H37N5O3S/c1-6-17-42-33-36-32-34-23(5)29(31(39)35-26-14-9-8-12-22(26)4)30(38(32)37-33)25-15-16-27(28(19-25)40-7-2)41-20-24-13-10-11-21(3)18-24/h8-16,18-19,30H,6-7,17,20H2,1-5H3,(H,35,39)(H,34,36,37). The molecule has 3 aromatic carbocycles. The van der Waals surface area contributed by atoms with Gasteiger partial charge < -0.3 is 20.1 Å². The zero-order chi connectivity index (χ0) is 29.6. The van der Waals surface area contributed by atoms with Crippen LogP contribution in [0.4, 0.5) is 11.6 Å². The van der Waals surface area contributed by atoms with E-state index < -0.39 is 6.04 Å². The largest absolute Gasteiger partial charge is 0.490 e. The summed E-state index contributed by atoms with van der Waals surface area (Å²) in [5.41, 5.74) is 6.13. The molecule has 8 nitrogen and oxygen atoms in total. The number of ether oxygens (including phenoxy) is 2. The van der Waals surface area contributed by atoms with Crippen LogP contribution in [0, 0.1) is 13.8 Å². The summed E-state index contributed by atoms with van der Waals surface area (Å²) in [5.74, 6) is 2.55. The Morgan fingerprint density at radius 2 is 1.83 bits per heavy atom. The molecule has 1 amide bonds. The molecule has 0 saturated carbocycles. The number of aryl methyl sites for hydroxylation is 2. The summed E-state index contributed by atoms with van der Waals surface area (Å²) in [4.78, 5) is 18.7. The fourth-order valence-corrected chi connectivity index (χ4v) is 5.62. The molecule has 1 aliphatic heterocycles. The minimum atomic E-state index is -0.529. The van der Waals surface area contributed by atoms with Crippen LogP contribution in [0.15, 0.2) is 83.2 Å². The van der Waals surface area contributed by atoms with Crippen molar-refractivity contribution in [3.05, 3.63) is 100 Å². The number of nitrogens with one attached hydrogen (secondary N) is 2. The van der Waals surface area contributed by atoms with Crippen LogP contribution < -0.4 is 20.1 Å². The van der Waals surface area contributed by atoms with Gasteiger partial charge in [-0.3, -0.25) is 4.79 Å². The second-order valence-electron chi connectivity index (χ2n) is 10.3. The molecule has 0 fully saturated rings. The minimum Gasteiger partial charge on any atom is -0.490 e. The Morgan fingerprint density at radius 1 is 1.00 bits per heavy atom. The highest BCUT2D eigenvalue weighted by Crippen LogP contribution is 2.40. The zero-order valence-electron chi connectivity index (χ0n) is 24.7. The first-order valence-corrected chi connectivity index (χ1v) is 15.3. The van der Waals surface area contributed by atoms with E-state index in [0.29, 0.717) is 41.4 Å². The molecule has 9 heteroatoms. The fraction of sp³-hybridized carbons (Fsp3) is 0.303. The molecular weight excluding hydrogens is 546 g/mol. The smallest absolute Gasteiger partial charge is 0.255 e. The van der Waals surface area contributed by atoms with Crippen LogP contribution in [-0.4, -0.2) is 33.0 Å². The highest BCUT2D eigenvalue weighted by molar-refractivity contribution is 7.99. The van der Waals surface area contributed by atoms with E-state index in [0.717, 1.165) is 40.2 Å². The summed E-state index contributed by atoms with van der Waals surface area (Å²) < 4.78 is 14.1. The van der Waals surface area contributed by atoms with Gasteiger partial charge in [0.05, 0.1) is 12.2 Å². The lowest BCUT2D eigenvalue weighted by Gasteiger charge is -2.29. The first kappa shape index (κ1) is 29.3. The maximum atomic E-state index is 13.9. The average molecular weight is 584 g/mol. The minimum absolute atomic E-state index is 0.207. The number of rotatable bonds is 11. The van der Waals surface area contributed by atoms with Crippen molar-refractivity contribution < 1.29 is 14.3 Å². The van der Waals surface area contributed by atoms with Gasteiger partial charge in [-0.15, -0.1) is 5.10 Å². The number of nitrogens with zero attached hydrogens (tertiary/aromatic N) is 3. The number of allylic oxidation sites excluding steroid dienone is 1. The molecule has 0 saturated heterocycles. The Morgan fingerprint density at radius 3 is 2.60 bits per heavy atom. The van der Waals surface area contributed by atoms with Crippen LogP contribution in [0.5, 0.6) is 11.5 Å². The van der Waals surface area contributed by atoms with Crippen LogP contribution in [0.25, 0.3) is 0 Å². The highest BCUT2D eigenvalue weighted by atomic mass is 32.2. The summed E-state index contributed by atoms with van der Waals surface area (Å²) in [7, 11) is 0. The monoisotopic (exact) mass is 583 g/mol. The molecule has 0 bridgehead atoms. The quantitative estimate of drug-likeness (QED) is 0.179. The van der Waals surface area contributed by atoms with Crippen molar-refractivity contribution in [3.63, 3.8) is 0 Å². The van der Waals surface area contributed by atoms with Crippen molar-refractivity contribution in [2.75, 3.05) is 23.0 Å². The Hall–Kier alpha value is -4.24. The molecule has 0 aliphatic carbocycles. The Balaban J connectivity index is 1.53. The topological polar surface area (TPSA) is 90.3 Å². The summed E-state index contributed by atoms with van der Waals surface area (Å²) in [5, 5.41) is 11.9. The van der Waals surface area contributed by atoms with E-state index in [4.69, 9.17) is 19.6 Å². The number of para-hydroxylation sites is 1. The SMILES string of the molecule is CCCSc1nc2n(n1)C(c1ccc(OCc3cccc(C)c3)c(OCC)c1)C(C(=O)Nc1ccccc1C)=C(C)N2. The molecule has 1 unspecified atom stereocenters. The molecule has 1 aromatic heterocycles. The fourth-order valence-electron chi connectivity index (χ4n) is 4.94. The zero-order valence-corrected chi connectivity index (χ0v) is 25.5. The second-order valence-corrected chi connectivity index (χ2v) is 11.3. The first-order chi connectivity index (χ1) is 20.4. The molecule has 5 rings (SSSR count). The van der Waals surface area contributed by atoms with Gasteiger partial charge in [-0.1, -0.05) is 72.8 Å². The third-order valence-corrected chi connectivity index (χ3v) is 8.01. The molecule has 1 aliphatic rings. The number of hydrogen-bond donors (Lipinski definition) is 2. The van der Waals surface area contributed by atoms with Crippen molar-refractivity contribution in [1.29, 1.82) is 0 Å². The van der Waals surface area contributed by atoms with Crippen LogP contribution in [0.3, 0.4) is 0 Å². The lowest BCUT2D eigenvalue weighted by molar-refractivity contribution is -0.113. The third kappa shape index (κ3) is 6.46. The van der Waals surface area contributed by atoms with Gasteiger partial charge in [-0.2, -0.15) is 4.98 Å². The maximum absolute atomic E-state index is 13.9. The number of thioether (sulfide) groups is 1. The van der Waals surface area contributed by atoms with Crippen molar-refractivity contribution in [1.82, 2.24) is 14.8 Å². The van der Waals surface area contributed by atoms with Crippen molar-refractivity contribution in [3.8, 4) is 11.5 Å². The lowest BCUT2D eigenvalue weighted by Crippen LogP contribution is -2.31. The van der Waals surface area contributed by atoms with Crippen LogP contribution in [0.2, 0.25) is 0 Å². The summed E-state index contributed by atoms with van der Waals surface area (Å²) in [6.07, 6.45) is 1.01. The number of aromatic nitrogens is 3. The highest BCUT2D eigenvalue weighted by Gasteiger charge is 2.35. The maximum Gasteiger partial charge on any atom is 0.255 e. The number of hydrogen-bond acceptors (Lipinski definition) is 7. The van der Waals surface area contributed by atoms with Gasteiger partial charge in [0.25, 0.3) is 5.91 Å². The second kappa shape index (κ2) is 13.2. The van der Waals surface area contributed by atoms with Gasteiger partial charge >= 0.3 is 0 Å². The van der Waals surface area contributed by atoms with Gasteiger partial charge in [0.15, 0.2) is 11.5 Å². The molecule has 218 valence electrons. The summed E-state index contributed by atoms with van der Waals surface area (Å²) in [6.45, 7) is 10.9. The van der Waals surface area contributed by atoms with E-state index in [1.807, 2.05) is 75.4 Å². The molecule has 42 heavy (non-hydrogen) atoms. The Bertz CT molecular complexity index is 1610. The van der Waals surface area contributed by atoms with E-state index >= 15 is 0 Å². The molecular formula is C33H37N5O3S. The Kier molecular flexibility index (Phi) is 9.17. The number of benzene rings is 3. The summed E-state index contributed by atoms with van der Waals surface area (Å²) >= 11 is 1.60. The summed E-state index contributed by atoms with van der Waals surface area (Å²) in [6, 6.07) is 21.3. The van der Waals surface area contributed by atoms with Gasteiger partial charge in [-0.05, 0) is 69.0 Å². The first-order valence-electron chi connectivity index (χ1n) is 14.3. The normalized spacial score (nSPS) is 14.3. The van der Waals surface area contributed by atoms with E-state index in [9.17, 15) is 4.79 Å². The molecule has 0 radical (unpaired) electrons. The number of amides is 1. The average Bonchev–Trinajstić information content (AvgIpc) is 3.38. The van der Waals surface area contributed by atoms with Gasteiger partial charge in [0.2, 0.25) is 11.1 Å². The number of carbonyl (C=O) groups excluding carboxylic acids is 1. The number of carbonyl (C=O) groups is 1. The van der Waals surface area contributed by atoms with Gasteiger partial charge in [0, 0.05) is 17.1 Å². The molecule has 2 N–H and O–H groups in total. The van der Waals surface area contributed by atoms with E-state index in [1.165, 1.54) is 5.56 Å². The van der Waals surface area contributed by atoms with Gasteiger partial charge in [0.1, 0.15) is 12.6 Å². The lowest BCUT2D eigenvalue weighted by atomic mass is 9.94. The van der Waals surface area contributed by atoms with E-state index in [2.05, 4.69) is 36.6 Å². The molecule has 0 spiro atoms. The van der Waals surface area contributed by atoms with Crippen LogP contribution >= 0.6 is 11.8 Å². The van der Waals surface area contributed by atoms with Crippen LogP contribution in [-0.2, 0) is 11.4 Å². The van der Waals surface area contributed by atoms with Gasteiger partial charge in [-0.25, -0.2) is 4.68 Å².